The highest BCUT2D eigenvalue weighted by Crippen LogP contribution is 2.29. The fourth-order valence-corrected chi connectivity index (χ4v) is 3.38. The molecule has 28 heavy (non-hydrogen) atoms. The number of rotatable bonds is 4. The Bertz CT molecular complexity index is 1030. The smallest absolute Gasteiger partial charge is 0.258 e. The number of ether oxygens (including phenoxy) is 1. The zero-order valence-electron chi connectivity index (χ0n) is 15.5. The normalized spacial score (nSPS) is 12.4. The van der Waals surface area contributed by atoms with Crippen LogP contribution in [0.3, 0.4) is 0 Å². The van der Waals surface area contributed by atoms with E-state index in [0.717, 1.165) is 17.9 Å². The maximum atomic E-state index is 13.0. The molecule has 0 atom stereocenters. The quantitative estimate of drug-likeness (QED) is 0.748. The van der Waals surface area contributed by atoms with Gasteiger partial charge in [-0.2, -0.15) is 0 Å². The number of nitrogens with one attached hydrogen (secondary N) is 1. The Morgan fingerprint density at radius 1 is 0.929 bits per heavy atom. The molecule has 1 aliphatic heterocycles. The summed E-state index contributed by atoms with van der Waals surface area (Å²) in [6, 6.07) is 21.8. The maximum Gasteiger partial charge on any atom is 0.258 e. The van der Waals surface area contributed by atoms with Crippen molar-refractivity contribution in [2.75, 3.05) is 23.9 Å². The second-order valence-electron chi connectivity index (χ2n) is 6.60. The van der Waals surface area contributed by atoms with Crippen LogP contribution in [0, 0.1) is 0 Å². The van der Waals surface area contributed by atoms with Crippen molar-refractivity contribution >= 4 is 23.2 Å². The van der Waals surface area contributed by atoms with Gasteiger partial charge in [-0.1, -0.05) is 24.3 Å². The van der Waals surface area contributed by atoms with Crippen LogP contribution in [0.4, 0.5) is 11.4 Å². The van der Waals surface area contributed by atoms with Gasteiger partial charge >= 0.3 is 0 Å². The molecule has 5 nitrogen and oxygen atoms in total. The Balaban J connectivity index is 1.52. The number of carbonyl (C=O) groups is 2. The first-order valence-electron chi connectivity index (χ1n) is 9.11. The van der Waals surface area contributed by atoms with Crippen LogP contribution < -0.4 is 15.0 Å². The molecule has 3 aromatic rings. The molecule has 140 valence electrons. The van der Waals surface area contributed by atoms with Gasteiger partial charge in [0.15, 0.2) is 0 Å². The molecule has 0 aliphatic carbocycles. The van der Waals surface area contributed by atoms with Crippen molar-refractivity contribution in [1.82, 2.24) is 0 Å². The fourth-order valence-electron chi connectivity index (χ4n) is 3.38. The number of amides is 2. The summed E-state index contributed by atoms with van der Waals surface area (Å²) in [7, 11) is 1.59. The monoisotopic (exact) mass is 372 g/mol. The lowest BCUT2D eigenvalue weighted by Gasteiger charge is -2.17. The number of anilines is 2. The third-order valence-electron chi connectivity index (χ3n) is 4.85. The summed E-state index contributed by atoms with van der Waals surface area (Å²) >= 11 is 0. The number of nitrogens with zero attached hydrogens (tertiary/aromatic N) is 1. The van der Waals surface area contributed by atoms with E-state index in [2.05, 4.69) is 5.32 Å². The molecule has 0 saturated carbocycles. The minimum Gasteiger partial charge on any atom is -0.497 e. The highest BCUT2D eigenvalue weighted by Gasteiger charge is 2.25. The lowest BCUT2D eigenvalue weighted by molar-refractivity contribution is 0.0989. The van der Waals surface area contributed by atoms with Crippen LogP contribution >= 0.6 is 0 Å². The van der Waals surface area contributed by atoms with Gasteiger partial charge in [-0.25, -0.2) is 0 Å². The molecule has 0 radical (unpaired) electrons. The molecular formula is C23H20N2O3. The number of benzene rings is 3. The minimum atomic E-state index is -0.262. The zero-order valence-corrected chi connectivity index (χ0v) is 15.5. The van der Waals surface area contributed by atoms with E-state index in [1.807, 2.05) is 24.3 Å². The number of para-hydroxylation sites is 1. The molecule has 0 unspecified atom stereocenters. The van der Waals surface area contributed by atoms with E-state index in [0.29, 0.717) is 23.4 Å². The summed E-state index contributed by atoms with van der Waals surface area (Å²) < 4.78 is 5.12. The van der Waals surface area contributed by atoms with Crippen molar-refractivity contribution in [3.05, 3.63) is 89.5 Å². The number of hydrogen-bond acceptors (Lipinski definition) is 3. The van der Waals surface area contributed by atoms with E-state index in [1.165, 1.54) is 5.56 Å². The minimum absolute atomic E-state index is 0.0935. The Labute approximate surface area is 163 Å². The summed E-state index contributed by atoms with van der Waals surface area (Å²) in [5, 5.41) is 2.84. The third kappa shape index (κ3) is 3.47. The topological polar surface area (TPSA) is 58.6 Å². The second kappa shape index (κ2) is 7.56. The molecule has 3 aromatic carbocycles. The molecule has 0 saturated heterocycles. The van der Waals surface area contributed by atoms with Crippen molar-refractivity contribution in [2.45, 2.75) is 6.42 Å². The molecule has 1 aliphatic rings. The van der Waals surface area contributed by atoms with Crippen LogP contribution in [-0.2, 0) is 6.42 Å². The van der Waals surface area contributed by atoms with Crippen molar-refractivity contribution in [3.63, 3.8) is 0 Å². The largest absolute Gasteiger partial charge is 0.497 e. The Morgan fingerprint density at radius 2 is 1.68 bits per heavy atom. The van der Waals surface area contributed by atoms with E-state index in [-0.39, 0.29) is 11.8 Å². The van der Waals surface area contributed by atoms with Crippen molar-refractivity contribution in [1.29, 1.82) is 0 Å². The molecule has 0 fully saturated rings. The summed E-state index contributed by atoms with van der Waals surface area (Å²) in [6.07, 6.45) is 0.847. The van der Waals surface area contributed by atoms with Gasteiger partial charge in [0.25, 0.3) is 11.8 Å². The zero-order chi connectivity index (χ0) is 19.5. The number of hydrogen-bond donors (Lipinski definition) is 1. The summed E-state index contributed by atoms with van der Waals surface area (Å²) in [5.41, 5.74) is 3.72. The molecule has 0 aromatic heterocycles. The molecule has 0 spiro atoms. The second-order valence-corrected chi connectivity index (χ2v) is 6.60. The first-order chi connectivity index (χ1) is 13.7. The highest BCUT2D eigenvalue weighted by atomic mass is 16.5. The van der Waals surface area contributed by atoms with Crippen LogP contribution in [0.2, 0.25) is 0 Å². The molecule has 5 heteroatoms. The van der Waals surface area contributed by atoms with Gasteiger partial charge < -0.3 is 15.0 Å². The predicted molar refractivity (Wildman–Crippen MR) is 109 cm³/mol. The van der Waals surface area contributed by atoms with Gasteiger partial charge in [0, 0.05) is 29.0 Å². The van der Waals surface area contributed by atoms with Gasteiger partial charge in [0.2, 0.25) is 0 Å². The Hall–Kier alpha value is -3.60. The van der Waals surface area contributed by atoms with Crippen molar-refractivity contribution < 1.29 is 14.3 Å². The molecule has 4 rings (SSSR count). The summed E-state index contributed by atoms with van der Waals surface area (Å²) in [5.74, 6) is 0.363. The standard InChI is InChI=1S/C23H20N2O3/c1-28-20-11-9-19(10-12-20)24-22(26)17-6-4-7-18(15-17)23(27)25-14-13-16-5-2-3-8-21(16)25/h2-12,15H,13-14H2,1H3,(H,24,26). The molecular weight excluding hydrogens is 352 g/mol. The van der Waals surface area contributed by atoms with E-state index in [9.17, 15) is 9.59 Å². The third-order valence-corrected chi connectivity index (χ3v) is 4.85. The average molecular weight is 372 g/mol. The van der Waals surface area contributed by atoms with Crippen LogP contribution in [0.15, 0.2) is 72.8 Å². The van der Waals surface area contributed by atoms with Crippen molar-refractivity contribution in [3.8, 4) is 5.75 Å². The Kier molecular flexibility index (Phi) is 4.81. The first-order valence-corrected chi connectivity index (χ1v) is 9.11. The molecule has 2 amide bonds. The number of fused-ring (bicyclic) bond motifs is 1. The van der Waals surface area contributed by atoms with E-state index in [1.54, 1.807) is 60.5 Å². The number of methoxy groups -OCH3 is 1. The maximum absolute atomic E-state index is 13.0. The predicted octanol–water partition coefficient (Wildman–Crippen LogP) is 4.15. The molecule has 1 N–H and O–H groups in total. The van der Waals surface area contributed by atoms with E-state index >= 15 is 0 Å². The van der Waals surface area contributed by atoms with Crippen LogP contribution in [-0.4, -0.2) is 25.5 Å². The van der Waals surface area contributed by atoms with E-state index < -0.39 is 0 Å². The lowest BCUT2D eigenvalue weighted by atomic mass is 10.1. The highest BCUT2D eigenvalue weighted by molar-refractivity contribution is 6.10. The first kappa shape index (κ1) is 17.8. The Morgan fingerprint density at radius 3 is 2.46 bits per heavy atom. The van der Waals surface area contributed by atoms with Gasteiger partial charge in [-0.05, 0) is 60.5 Å². The summed E-state index contributed by atoms with van der Waals surface area (Å²) in [6.45, 7) is 0.653. The fraction of sp³-hybridized carbons (Fsp3) is 0.130. The van der Waals surface area contributed by atoms with Gasteiger partial charge in [-0.3, -0.25) is 9.59 Å². The van der Waals surface area contributed by atoms with Crippen LogP contribution in [0.25, 0.3) is 0 Å². The van der Waals surface area contributed by atoms with Crippen LogP contribution in [0.5, 0.6) is 5.75 Å². The van der Waals surface area contributed by atoms with Gasteiger partial charge in [-0.15, -0.1) is 0 Å². The molecule has 0 bridgehead atoms. The number of carbonyl (C=O) groups excluding carboxylic acids is 2. The van der Waals surface area contributed by atoms with Gasteiger partial charge in [0.1, 0.15) is 5.75 Å². The average Bonchev–Trinajstić information content (AvgIpc) is 3.18. The lowest BCUT2D eigenvalue weighted by Crippen LogP contribution is -2.29. The summed E-state index contributed by atoms with van der Waals surface area (Å²) in [4.78, 5) is 27.4. The van der Waals surface area contributed by atoms with Gasteiger partial charge in [0.05, 0.1) is 7.11 Å². The van der Waals surface area contributed by atoms with E-state index in [4.69, 9.17) is 4.74 Å². The molecule has 1 heterocycles. The SMILES string of the molecule is COc1ccc(NC(=O)c2cccc(C(=O)N3CCc4ccccc43)c2)cc1. The van der Waals surface area contributed by atoms with Crippen LogP contribution in [0.1, 0.15) is 26.3 Å². The van der Waals surface area contributed by atoms with Crippen molar-refractivity contribution in [2.24, 2.45) is 0 Å².